The Labute approximate surface area is 110 Å². The van der Waals surface area contributed by atoms with Gasteiger partial charge < -0.3 is 10.0 Å². The molecule has 1 aliphatic heterocycles. The number of β-amino-alcohol motifs (C(OH)–C–C–N with tert-alkyl or cyclic N) is 1. The van der Waals surface area contributed by atoms with Gasteiger partial charge in [0.1, 0.15) is 0 Å². The highest BCUT2D eigenvalue weighted by Gasteiger charge is 2.33. The zero-order chi connectivity index (χ0) is 14.1. The molecule has 0 radical (unpaired) electrons. The lowest BCUT2D eigenvalue weighted by atomic mass is 9.86. The number of nitrogens with zero attached hydrogens (tertiary/aromatic N) is 1. The number of alkyl halides is 3. The Morgan fingerprint density at radius 3 is 2.42 bits per heavy atom. The van der Waals surface area contributed by atoms with Gasteiger partial charge in [0.15, 0.2) is 0 Å². The van der Waals surface area contributed by atoms with Gasteiger partial charge in [-0.05, 0) is 44.1 Å². The highest BCUT2D eigenvalue weighted by Crippen LogP contribution is 2.30. The average Bonchev–Trinajstić information content (AvgIpc) is 2.27. The Kier molecular flexibility index (Phi) is 3.87. The van der Waals surface area contributed by atoms with E-state index in [1.807, 2.05) is 11.9 Å². The smallest absolute Gasteiger partial charge is 0.388 e. The van der Waals surface area contributed by atoms with E-state index in [0.29, 0.717) is 19.4 Å². The van der Waals surface area contributed by atoms with Gasteiger partial charge in [0, 0.05) is 13.0 Å². The Balaban J connectivity index is 2.07. The molecule has 1 fully saturated rings. The molecule has 106 valence electrons. The van der Waals surface area contributed by atoms with Crippen LogP contribution in [0.15, 0.2) is 24.3 Å². The maximum absolute atomic E-state index is 12.4. The number of likely N-dealkylation sites (N-methyl/N-ethyl adjacent to an activating group) is 1. The molecule has 0 aliphatic carbocycles. The molecule has 1 aromatic rings. The van der Waals surface area contributed by atoms with Crippen LogP contribution in [0.2, 0.25) is 0 Å². The van der Waals surface area contributed by atoms with Crippen LogP contribution >= 0.6 is 0 Å². The molecule has 1 saturated heterocycles. The predicted octanol–water partition coefficient (Wildman–Crippen LogP) is 2.70. The van der Waals surface area contributed by atoms with Gasteiger partial charge in [0.05, 0.1) is 11.2 Å². The van der Waals surface area contributed by atoms with Gasteiger partial charge in [-0.25, -0.2) is 0 Å². The number of hydrogen-bond donors (Lipinski definition) is 1. The molecule has 2 rings (SSSR count). The first-order valence-electron chi connectivity index (χ1n) is 6.36. The van der Waals surface area contributed by atoms with Crippen molar-refractivity contribution >= 4 is 0 Å². The van der Waals surface area contributed by atoms with Crippen molar-refractivity contribution in [3.05, 3.63) is 35.4 Å². The van der Waals surface area contributed by atoms with Crippen molar-refractivity contribution in [3.63, 3.8) is 0 Å². The molecular weight excluding hydrogens is 255 g/mol. The summed E-state index contributed by atoms with van der Waals surface area (Å²) in [4.78, 5) is 2.05. The molecule has 1 aliphatic rings. The van der Waals surface area contributed by atoms with Crippen LogP contribution in [-0.2, 0) is 12.6 Å². The fraction of sp³-hybridized carbons (Fsp3) is 0.571. The first-order chi connectivity index (χ1) is 8.78. The number of hydrogen-bond acceptors (Lipinski definition) is 2. The van der Waals surface area contributed by atoms with Gasteiger partial charge in [-0.1, -0.05) is 12.1 Å². The van der Waals surface area contributed by atoms with E-state index in [1.54, 1.807) is 0 Å². The highest BCUT2D eigenvalue weighted by atomic mass is 19.4. The SMILES string of the molecule is CN1CCCC(O)(Cc2ccc(C(F)(F)F)cc2)C1. The van der Waals surface area contributed by atoms with E-state index in [0.717, 1.165) is 30.7 Å². The molecule has 0 saturated carbocycles. The van der Waals surface area contributed by atoms with Crippen LogP contribution in [0.25, 0.3) is 0 Å². The summed E-state index contributed by atoms with van der Waals surface area (Å²) in [6.45, 7) is 1.52. The molecule has 0 spiro atoms. The van der Waals surface area contributed by atoms with Crippen molar-refractivity contribution in [3.8, 4) is 0 Å². The van der Waals surface area contributed by atoms with Crippen LogP contribution in [0, 0.1) is 0 Å². The summed E-state index contributed by atoms with van der Waals surface area (Å²) in [7, 11) is 1.94. The molecule has 1 aromatic carbocycles. The van der Waals surface area contributed by atoms with Crippen LogP contribution in [0.5, 0.6) is 0 Å². The second-order valence-electron chi connectivity index (χ2n) is 5.44. The molecule has 1 atom stereocenters. The van der Waals surface area contributed by atoms with Crippen molar-refractivity contribution in [1.82, 2.24) is 4.90 Å². The van der Waals surface area contributed by atoms with E-state index in [9.17, 15) is 18.3 Å². The van der Waals surface area contributed by atoms with Crippen molar-refractivity contribution in [2.75, 3.05) is 20.1 Å². The minimum Gasteiger partial charge on any atom is -0.388 e. The first kappa shape index (κ1) is 14.3. The Hall–Kier alpha value is -1.07. The van der Waals surface area contributed by atoms with Crippen LogP contribution in [-0.4, -0.2) is 35.7 Å². The second-order valence-corrected chi connectivity index (χ2v) is 5.44. The van der Waals surface area contributed by atoms with Crippen LogP contribution < -0.4 is 0 Å². The van der Waals surface area contributed by atoms with Gasteiger partial charge >= 0.3 is 6.18 Å². The third-order valence-corrected chi connectivity index (χ3v) is 3.56. The van der Waals surface area contributed by atoms with Crippen molar-refractivity contribution < 1.29 is 18.3 Å². The first-order valence-corrected chi connectivity index (χ1v) is 6.36. The summed E-state index contributed by atoms with van der Waals surface area (Å²) in [6, 6.07) is 5.06. The van der Waals surface area contributed by atoms with Gasteiger partial charge in [-0.15, -0.1) is 0 Å². The average molecular weight is 273 g/mol. The van der Waals surface area contributed by atoms with E-state index >= 15 is 0 Å². The Morgan fingerprint density at radius 2 is 1.89 bits per heavy atom. The Morgan fingerprint density at radius 1 is 1.26 bits per heavy atom. The molecule has 0 amide bonds. The molecule has 1 unspecified atom stereocenters. The van der Waals surface area contributed by atoms with Crippen molar-refractivity contribution in [1.29, 1.82) is 0 Å². The second kappa shape index (κ2) is 5.13. The number of halogens is 3. The summed E-state index contributed by atoms with van der Waals surface area (Å²) in [5.74, 6) is 0. The normalized spacial score (nSPS) is 25.5. The molecule has 5 heteroatoms. The molecule has 1 N–H and O–H groups in total. The molecule has 0 aromatic heterocycles. The Bertz CT molecular complexity index is 429. The zero-order valence-electron chi connectivity index (χ0n) is 10.9. The predicted molar refractivity (Wildman–Crippen MR) is 66.8 cm³/mol. The molecule has 1 heterocycles. The quantitative estimate of drug-likeness (QED) is 0.895. The minimum atomic E-state index is -4.31. The summed E-state index contributed by atoms with van der Waals surface area (Å²) in [5, 5.41) is 10.5. The van der Waals surface area contributed by atoms with Crippen LogP contribution in [0.3, 0.4) is 0 Å². The minimum absolute atomic E-state index is 0.398. The standard InChI is InChI=1S/C14H18F3NO/c1-18-8-2-7-13(19,10-18)9-11-3-5-12(6-4-11)14(15,16)17/h3-6,19H,2,7-10H2,1H3. The van der Waals surface area contributed by atoms with E-state index < -0.39 is 17.3 Å². The third kappa shape index (κ3) is 3.70. The monoisotopic (exact) mass is 273 g/mol. The summed E-state index contributed by atoms with van der Waals surface area (Å²) < 4.78 is 37.3. The number of benzene rings is 1. The number of piperidine rings is 1. The van der Waals surface area contributed by atoms with Crippen LogP contribution in [0.4, 0.5) is 13.2 Å². The van der Waals surface area contributed by atoms with E-state index in [1.165, 1.54) is 12.1 Å². The molecular formula is C14H18F3NO. The summed E-state index contributed by atoms with van der Waals surface area (Å²) >= 11 is 0. The largest absolute Gasteiger partial charge is 0.416 e. The fourth-order valence-corrected chi connectivity index (χ4v) is 2.67. The number of rotatable bonds is 2. The van der Waals surface area contributed by atoms with Gasteiger partial charge in [0.2, 0.25) is 0 Å². The van der Waals surface area contributed by atoms with Gasteiger partial charge in [0.25, 0.3) is 0 Å². The fourth-order valence-electron chi connectivity index (χ4n) is 2.67. The number of likely N-dealkylation sites (tertiary alicyclic amines) is 1. The van der Waals surface area contributed by atoms with Crippen molar-refractivity contribution in [2.24, 2.45) is 0 Å². The third-order valence-electron chi connectivity index (χ3n) is 3.56. The maximum atomic E-state index is 12.4. The van der Waals surface area contributed by atoms with E-state index in [-0.39, 0.29) is 0 Å². The number of aliphatic hydroxyl groups is 1. The molecule has 2 nitrogen and oxygen atoms in total. The topological polar surface area (TPSA) is 23.5 Å². The molecule has 19 heavy (non-hydrogen) atoms. The highest BCUT2D eigenvalue weighted by molar-refractivity contribution is 5.26. The zero-order valence-corrected chi connectivity index (χ0v) is 10.9. The molecule has 0 bridgehead atoms. The van der Waals surface area contributed by atoms with Crippen molar-refractivity contribution in [2.45, 2.75) is 31.0 Å². The van der Waals surface area contributed by atoms with Gasteiger partial charge in [-0.3, -0.25) is 0 Å². The van der Waals surface area contributed by atoms with E-state index in [2.05, 4.69) is 0 Å². The summed E-state index contributed by atoms with van der Waals surface area (Å²) in [5.41, 5.74) is -0.734. The lowest BCUT2D eigenvalue weighted by Gasteiger charge is -2.37. The van der Waals surface area contributed by atoms with Gasteiger partial charge in [-0.2, -0.15) is 13.2 Å². The lowest BCUT2D eigenvalue weighted by molar-refractivity contribution is -0.137. The maximum Gasteiger partial charge on any atom is 0.416 e. The summed E-state index contributed by atoms with van der Waals surface area (Å²) in [6.07, 6.45) is -2.30. The lowest BCUT2D eigenvalue weighted by Crippen LogP contribution is -2.47. The van der Waals surface area contributed by atoms with E-state index in [4.69, 9.17) is 0 Å². The van der Waals surface area contributed by atoms with Crippen LogP contribution in [0.1, 0.15) is 24.0 Å².